The molecule has 20 heavy (non-hydrogen) atoms. The molecule has 2 heterocycles. The molecule has 104 valence electrons. The van der Waals surface area contributed by atoms with E-state index in [1.807, 2.05) is 0 Å². The fourth-order valence-electron chi connectivity index (χ4n) is 1.50. The summed E-state index contributed by atoms with van der Waals surface area (Å²) < 4.78 is 37.4. The highest BCUT2D eigenvalue weighted by atomic mass is 32.2. The Balaban J connectivity index is 1.87. The first-order valence-electron chi connectivity index (χ1n) is 5.25. The van der Waals surface area contributed by atoms with Gasteiger partial charge >= 0.3 is 6.18 Å². The van der Waals surface area contributed by atoms with Crippen LogP contribution in [0.25, 0.3) is 11.0 Å². The average molecular weight is 317 g/mol. The van der Waals surface area contributed by atoms with E-state index in [4.69, 9.17) is 5.73 Å². The largest absolute Gasteiger partial charge is 0.445 e. The van der Waals surface area contributed by atoms with Gasteiger partial charge in [0, 0.05) is 5.69 Å². The Morgan fingerprint density at radius 1 is 1.25 bits per heavy atom. The number of benzene rings is 1. The zero-order valence-corrected chi connectivity index (χ0v) is 11.2. The molecular formula is C10H6F3N5S2. The zero-order chi connectivity index (χ0) is 14.3. The maximum atomic E-state index is 12.4. The van der Waals surface area contributed by atoms with Crippen molar-refractivity contribution in [3.63, 3.8) is 0 Å². The lowest BCUT2D eigenvalue weighted by molar-refractivity contribution is -0.138. The molecule has 0 bridgehead atoms. The summed E-state index contributed by atoms with van der Waals surface area (Å²) in [6.45, 7) is 0. The number of nitrogens with two attached hydrogens (primary N) is 1. The highest BCUT2D eigenvalue weighted by Crippen LogP contribution is 2.36. The minimum atomic E-state index is -4.47. The van der Waals surface area contributed by atoms with Crippen LogP contribution < -0.4 is 5.73 Å². The summed E-state index contributed by atoms with van der Waals surface area (Å²) in [5.74, 6) is 0. The number of fused-ring (bicyclic) bond motifs is 1. The number of imidazole rings is 1. The number of aromatic nitrogens is 4. The molecular weight excluding hydrogens is 311 g/mol. The van der Waals surface area contributed by atoms with Crippen molar-refractivity contribution in [1.29, 1.82) is 0 Å². The fraction of sp³-hybridized carbons (Fsp3) is 0.100. The van der Waals surface area contributed by atoms with Crippen molar-refractivity contribution in [3.05, 3.63) is 23.2 Å². The second kappa shape index (κ2) is 4.63. The number of aromatic amines is 1. The molecule has 5 nitrogen and oxygen atoms in total. The Morgan fingerprint density at radius 2 is 2.05 bits per heavy atom. The molecule has 0 fully saturated rings. The lowest BCUT2D eigenvalue weighted by Gasteiger charge is -1.97. The van der Waals surface area contributed by atoms with Crippen LogP contribution in [0.5, 0.6) is 0 Å². The van der Waals surface area contributed by atoms with Crippen molar-refractivity contribution < 1.29 is 13.2 Å². The Labute approximate surface area is 118 Å². The molecule has 3 aromatic rings. The SMILES string of the molecule is Nc1ccc2nc(Sc3nnc(C(F)(F)F)s3)[nH]c2c1. The summed E-state index contributed by atoms with van der Waals surface area (Å²) in [6, 6.07) is 5.13. The van der Waals surface area contributed by atoms with Crippen LogP contribution in [0.15, 0.2) is 27.7 Å². The highest BCUT2D eigenvalue weighted by Gasteiger charge is 2.35. The van der Waals surface area contributed by atoms with E-state index < -0.39 is 11.2 Å². The number of nitrogens with one attached hydrogen (secondary N) is 1. The van der Waals surface area contributed by atoms with Gasteiger partial charge in [-0.15, -0.1) is 10.2 Å². The molecule has 0 radical (unpaired) electrons. The topological polar surface area (TPSA) is 80.5 Å². The summed E-state index contributed by atoms with van der Waals surface area (Å²) in [4.78, 5) is 7.19. The monoisotopic (exact) mass is 317 g/mol. The van der Waals surface area contributed by atoms with E-state index in [2.05, 4.69) is 20.2 Å². The fourth-order valence-corrected chi connectivity index (χ4v) is 3.14. The van der Waals surface area contributed by atoms with Crippen molar-refractivity contribution in [3.8, 4) is 0 Å². The van der Waals surface area contributed by atoms with E-state index in [1.165, 1.54) is 0 Å². The number of anilines is 1. The van der Waals surface area contributed by atoms with Gasteiger partial charge in [0.1, 0.15) is 0 Å². The molecule has 0 saturated carbocycles. The van der Waals surface area contributed by atoms with Crippen LogP contribution in [0.2, 0.25) is 0 Å². The number of alkyl halides is 3. The van der Waals surface area contributed by atoms with E-state index >= 15 is 0 Å². The second-order valence-electron chi connectivity index (χ2n) is 3.79. The van der Waals surface area contributed by atoms with Gasteiger partial charge in [0.15, 0.2) is 9.50 Å². The summed E-state index contributed by atoms with van der Waals surface area (Å²) >= 11 is 1.47. The number of nitrogen functional groups attached to an aromatic ring is 1. The molecule has 2 aromatic heterocycles. The number of hydrogen-bond acceptors (Lipinski definition) is 6. The molecule has 0 saturated heterocycles. The molecule has 0 atom stereocenters. The van der Waals surface area contributed by atoms with Crippen LogP contribution >= 0.6 is 23.1 Å². The van der Waals surface area contributed by atoms with Crippen LogP contribution in [-0.4, -0.2) is 20.2 Å². The van der Waals surface area contributed by atoms with E-state index in [9.17, 15) is 13.2 Å². The van der Waals surface area contributed by atoms with E-state index in [-0.39, 0.29) is 4.34 Å². The van der Waals surface area contributed by atoms with Crippen molar-refractivity contribution in [2.75, 3.05) is 5.73 Å². The number of nitrogens with zero attached hydrogens (tertiary/aromatic N) is 3. The summed E-state index contributed by atoms with van der Waals surface area (Å²) in [7, 11) is 0. The van der Waals surface area contributed by atoms with E-state index in [1.54, 1.807) is 18.2 Å². The van der Waals surface area contributed by atoms with E-state index in [0.717, 1.165) is 11.8 Å². The van der Waals surface area contributed by atoms with Crippen LogP contribution in [0, 0.1) is 0 Å². The summed E-state index contributed by atoms with van der Waals surface area (Å²) in [6.07, 6.45) is -4.47. The van der Waals surface area contributed by atoms with Gasteiger partial charge in [-0.1, -0.05) is 11.3 Å². The van der Waals surface area contributed by atoms with Crippen molar-refractivity contribution in [2.45, 2.75) is 15.7 Å². The lowest BCUT2D eigenvalue weighted by Crippen LogP contribution is -2.03. The molecule has 0 amide bonds. The molecule has 0 aliphatic heterocycles. The Bertz CT molecular complexity index is 764. The molecule has 0 spiro atoms. The van der Waals surface area contributed by atoms with Crippen LogP contribution in [-0.2, 0) is 6.18 Å². The smallest absolute Gasteiger partial charge is 0.399 e. The molecule has 1 aromatic carbocycles. The highest BCUT2D eigenvalue weighted by molar-refractivity contribution is 8.00. The van der Waals surface area contributed by atoms with Gasteiger partial charge in [-0.2, -0.15) is 13.2 Å². The minimum Gasteiger partial charge on any atom is -0.399 e. The minimum absolute atomic E-state index is 0.171. The van der Waals surface area contributed by atoms with Gasteiger partial charge in [0.25, 0.3) is 0 Å². The Morgan fingerprint density at radius 3 is 2.75 bits per heavy atom. The van der Waals surface area contributed by atoms with Gasteiger partial charge in [-0.3, -0.25) is 0 Å². The van der Waals surface area contributed by atoms with Crippen molar-refractivity contribution >= 4 is 39.8 Å². The van der Waals surface area contributed by atoms with Crippen molar-refractivity contribution in [1.82, 2.24) is 20.2 Å². The Kier molecular flexibility index (Phi) is 3.05. The predicted octanol–water partition coefficient (Wildman–Crippen LogP) is 3.17. The third kappa shape index (κ3) is 2.56. The number of halogens is 3. The van der Waals surface area contributed by atoms with Gasteiger partial charge in [-0.25, -0.2) is 4.98 Å². The van der Waals surface area contributed by atoms with Gasteiger partial charge in [-0.05, 0) is 30.0 Å². The maximum Gasteiger partial charge on any atom is 0.445 e. The van der Waals surface area contributed by atoms with Crippen LogP contribution in [0.3, 0.4) is 0 Å². The summed E-state index contributed by atoms with van der Waals surface area (Å²) in [5.41, 5.74) is 7.61. The molecule has 3 N–H and O–H groups in total. The third-order valence-corrected chi connectivity index (χ3v) is 4.22. The molecule has 0 aliphatic carbocycles. The van der Waals surface area contributed by atoms with Gasteiger partial charge < -0.3 is 10.7 Å². The first-order valence-corrected chi connectivity index (χ1v) is 6.89. The number of rotatable bonds is 2. The maximum absolute atomic E-state index is 12.4. The average Bonchev–Trinajstić information content (AvgIpc) is 2.94. The lowest BCUT2D eigenvalue weighted by atomic mass is 10.3. The predicted molar refractivity (Wildman–Crippen MR) is 69.5 cm³/mol. The standard InChI is InChI=1S/C10H6F3N5S2/c11-10(12,13)7-17-18-9(19-7)20-8-15-5-2-1-4(14)3-6(5)16-8/h1-3H,14H2,(H,15,16). The number of hydrogen-bond donors (Lipinski definition) is 2. The zero-order valence-electron chi connectivity index (χ0n) is 9.60. The van der Waals surface area contributed by atoms with Gasteiger partial charge in [0.05, 0.1) is 11.0 Å². The second-order valence-corrected chi connectivity index (χ2v) is 6.00. The Hall–Kier alpha value is -1.81. The molecule has 3 rings (SSSR count). The normalized spacial score (nSPS) is 12.2. The quantitative estimate of drug-likeness (QED) is 0.710. The molecule has 0 unspecified atom stereocenters. The van der Waals surface area contributed by atoms with Crippen molar-refractivity contribution in [2.24, 2.45) is 0 Å². The third-order valence-electron chi connectivity index (χ3n) is 2.32. The van der Waals surface area contributed by atoms with Gasteiger partial charge in [0.2, 0.25) is 5.01 Å². The first kappa shape index (κ1) is 13.2. The molecule has 0 aliphatic rings. The van der Waals surface area contributed by atoms with E-state index in [0.29, 0.717) is 33.2 Å². The summed E-state index contributed by atoms with van der Waals surface area (Å²) in [5, 5.41) is 6.07. The van der Waals surface area contributed by atoms with Crippen LogP contribution in [0.1, 0.15) is 5.01 Å². The molecule has 10 heteroatoms. The number of H-pyrrole nitrogens is 1. The van der Waals surface area contributed by atoms with Crippen LogP contribution in [0.4, 0.5) is 18.9 Å². The first-order chi connectivity index (χ1) is 9.41.